The molecule has 5 nitrogen and oxygen atoms in total. The molecule has 25 heavy (non-hydrogen) atoms. The third kappa shape index (κ3) is 5.74. The van der Waals surface area contributed by atoms with Gasteiger partial charge < -0.3 is 15.4 Å². The highest BCUT2D eigenvalue weighted by Crippen LogP contribution is 2.19. The highest BCUT2D eigenvalue weighted by molar-refractivity contribution is 7.11. The van der Waals surface area contributed by atoms with Crippen molar-refractivity contribution in [3.05, 3.63) is 44.9 Å². The number of nitrogens with one attached hydrogen (secondary N) is 2. The summed E-state index contributed by atoms with van der Waals surface area (Å²) in [5.41, 5.74) is 3.55. The molecule has 1 aromatic carbocycles. The van der Waals surface area contributed by atoms with E-state index in [1.807, 2.05) is 0 Å². The number of ether oxygens (including phenoxy) is 1. The molecule has 0 aliphatic carbocycles. The standard InChI is InChI=1S/C19H28N4OS/c1-13-6-7-16(12-17(13)24-5)8-10-21-19(20-4)22-11-9-18-14(2)23-15(3)25-18/h6-7,12H,8-11H2,1-5H3,(H2,20,21,22). The maximum absolute atomic E-state index is 5.38. The molecule has 0 amide bonds. The fourth-order valence-electron chi connectivity index (χ4n) is 2.67. The summed E-state index contributed by atoms with van der Waals surface area (Å²) >= 11 is 1.77. The lowest BCUT2D eigenvalue weighted by Crippen LogP contribution is -2.39. The Hall–Kier alpha value is -2.08. The van der Waals surface area contributed by atoms with Crippen LogP contribution in [0.3, 0.4) is 0 Å². The van der Waals surface area contributed by atoms with Crippen molar-refractivity contribution in [3.63, 3.8) is 0 Å². The van der Waals surface area contributed by atoms with Crippen molar-refractivity contribution in [1.82, 2.24) is 15.6 Å². The van der Waals surface area contributed by atoms with E-state index in [0.717, 1.165) is 53.9 Å². The zero-order valence-electron chi connectivity index (χ0n) is 15.8. The van der Waals surface area contributed by atoms with E-state index in [1.54, 1.807) is 25.5 Å². The van der Waals surface area contributed by atoms with Crippen LogP contribution in [0.5, 0.6) is 5.75 Å². The fraction of sp³-hybridized carbons (Fsp3) is 0.474. The Bertz CT molecular complexity index is 724. The maximum atomic E-state index is 5.38. The van der Waals surface area contributed by atoms with Crippen LogP contribution in [0.2, 0.25) is 0 Å². The van der Waals surface area contributed by atoms with Crippen LogP contribution in [0, 0.1) is 20.8 Å². The highest BCUT2D eigenvalue weighted by atomic mass is 32.1. The van der Waals surface area contributed by atoms with E-state index in [9.17, 15) is 0 Å². The number of methoxy groups -OCH3 is 1. The average molecular weight is 361 g/mol. The summed E-state index contributed by atoms with van der Waals surface area (Å²) in [6.45, 7) is 7.85. The average Bonchev–Trinajstić information content (AvgIpc) is 2.92. The molecule has 0 saturated carbocycles. The third-order valence-corrected chi connectivity index (χ3v) is 5.18. The van der Waals surface area contributed by atoms with Gasteiger partial charge in [-0.25, -0.2) is 4.98 Å². The number of aliphatic imine (C=N–C) groups is 1. The number of rotatable bonds is 7. The van der Waals surface area contributed by atoms with Crippen LogP contribution in [-0.2, 0) is 12.8 Å². The minimum absolute atomic E-state index is 0.824. The minimum atomic E-state index is 0.824. The molecule has 0 saturated heterocycles. The van der Waals surface area contributed by atoms with Crippen LogP contribution in [0.4, 0.5) is 0 Å². The Balaban J connectivity index is 1.76. The number of hydrogen-bond acceptors (Lipinski definition) is 4. The van der Waals surface area contributed by atoms with Crippen LogP contribution in [0.15, 0.2) is 23.2 Å². The van der Waals surface area contributed by atoms with E-state index in [4.69, 9.17) is 4.74 Å². The Kier molecular flexibility index (Phi) is 7.25. The lowest BCUT2D eigenvalue weighted by Gasteiger charge is -2.12. The topological polar surface area (TPSA) is 58.5 Å². The molecule has 0 fully saturated rings. The number of guanidine groups is 1. The van der Waals surface area contributed by atoms with Gasteiger partial charge in [0.05, 0.1) is 17.8 Å². The molecular formula is C19H28N4OS. The number of nitrogens with zero attached hydrogens (tertiary/aromatic N) is 2. The van der Waals surface area contributed by atoms with Gasteiger partial charge in [0, 0.05) is 31.4 Å². The first-order chi connectivity index (χ1) is 12.0. The molecule has 136 valence electrons. The highest BCUT2D eigenvalue weighted by Gasteiger charge is 2.05. The smallest absolute Gasteiger partial charge is 0.190 e. The van der Waals surface area contributed by atoms with Gasteiger partial charge >= 0.3 is 0 Å². The van der Waals surface area contributed by atoms with Crippen molar-refractivity contribution < 1.29 is 4.74 Å². The van der Waals surface area contributed by atoms with Crippen molar-refractivity contribution >= 4 is 17.3 Å². The molecule has 0 unspecified atom stereocenters. The van der Waals surface area contributed by atoms with Crippen molar-refractivity contribution in [1.29, 1.82) is 0 Å². The summed E-state index contributed by atoms with van der Waals surface area (Å²) in [7, 11) is 3.51. The molecular weight excluding hydrogens is 332 g/mol. The minimum Gasteiger partial charge on any atom is -0.496 e. The Morgan fingerprint density at radius 1 is 1.16 bits per heavy atom. The van der Waals surface area contributed by atoms with E-state index in [0.29, 0.717) is 0 Å². The van der Waals surface area contributed by atoms with Gasteiger partial charge in [-0.05, 0) is 44.4 Å². The summed E-state index contributed by atoms with van der Waals surface area (Å²) in [4.78, 5) is 10.1. The second kappa shape index (κ2) is 9.42. The lowest BCUT2D eigenvalue weighted by atomic mass is 10.1. The molecule has 0 atom stereocenters. The molecule has 0 spiro atoms. The van der Waals surface area contributed by atoms with Crippen LogP contribution in [0.25, 0.3) is 0 Å². The van der Waals surface area contributed by atoms with E-state index in [2.05, 4.69) is 59.6 Å². The lowest BCUT2D eigenvalue weighted by molar-refractivity contribution is 0.411. The van der Waals surface area contributed by atoms with Gasteiger partial charge in [0.2, 0.25) is 0 Å². The molecule has 0 radical (unpaired) electrons. The first-order valence-corrected chi connectivity index (χ1v) is 9.36. The van der Waals surface area contributed by atoms with Gasteiger partial charge in [-0.2, -0.15) is 0 Å². The van der Waals surface area contributed by atoms with Gasteiger partial charge in [-0.1, -0.05) is 12.1 Å². The molecule has 1 heterocycles. The predicted octanol–water partition coefficient (Wildman–Crippen LogP) is 3.03. The number of aromatic nitrogens is 1. The summed E-state index contributed by atoms with van der Waals surface area (Å²) in [5, 5.41) is 7.86. The number of benzene rings is 1. The van der Waals surface area contributed by atoms with Gasteiger partial charge in [-0.3, -0.25) is 4.99 Å². The monoisotopic (exact) mass is 360 g/mol. The van der Waals surface area contributed by atoms with Crippen molar-refractivity contribution in [2.45, 2.75) is 33.6 Å². The SMILES string of the molecule is CN=C(NCCc1ccc(C)c(OC)c1)NCCc1sc(C)nc1C. The molecule has 2 rings (SSSR count). The third-order valence-electron chi connectivity index (χ3n) is 4.05. The molecule has 2 N–H and O–H groups in total. The number of aryl methyl sites for hydroxylation is 3. The maximum Gasteiger partial charge on any atom is 0.190 e. The van der Waals surface area contributed by atoms with Gasteiger partial charge in [0.15, 0.2) is 5.96 Å². The van der Waals surface area contributed by atoms with Crippen LogP contribution in [0.1, 0.15) is 26.7 Å². The predicted molar refractivity (Wildman–Crippen MR) is 106 cm³/mol. The Morgan fingerprint density at radius 2 is 1.88 bits per heavy atom. The van der Waals surface area contributed by atoms with Gasteiger partial charge in [0.25, 0.3) is 0 Å². The Labute approximate surface area is 154 Å². The van der Waals surface area contributed by atoms with Crippen molar-refractivity contribution in [3.8, 4) is 5.75 Å². The molecule has 2 aromatic rings. The second-order valence-corrected chi connectivity index (χ2v) is 7.26. The second-order valence-electron chi connectivity index (χ2n) is 5.97. The molecule has 1 aromatic heterocycles. The van der Waals surface area contributed by atoms with Gasteiger partial charge in [0.1, 0.15) is 5.75 Å². The number of hydrogen-bond donors (Lipinski definition) is 2. The summed E-state index contributed by atoms with van der Waals surface area (Å²) in [6, 6.07) is 6.34. The summed E-state index contributed by atoms with van der Waals surface area (Å²) < 4.78 is 5.38. The van der Waals surface area contributed by atoms with Crippen LogP contribution in [-0.4, -0.2) is 38.2 Å². The largest absolute Gasteiger partial charge is 0.496 e. The summed E-state index contributed by atoms with van der Waals surface area (Å²) in [5.74, 6) is 1.77. The fourth-order valence-corrected chi connectivity index (χ4v) is 3.60. The quantitative estimate of drug-likeness (QED) is 0.589. The van der Waals surface area contributed by atoms with Gasteiger partial charge in [-0.15, -0.1) is 11.3 Å². The van der Waals surface area contributed by atoms with Crippen molar-refractivity contribution in [2.24, 2.45) is 4.99 Å². The zero-order valence-corrected chi connectivity index (χ0v) is 16.6. The normalized spacial score (nSPS) is 11.5. The first kappa shape index (κ1) is 19.2. The molecule has 0 aliphatic rings. The van der Waals surface area contributed by atoms with E-state index in [-0.39, 0.29) is 0 Å². The van der Waals surface area contributed by atoms with E-state index < -0.39 is 0 Å². The Morgan fingerprint density at radius 3 is 2.48 bits per heavy atom. The molecule has 0 aliphatic heterocycles. The van der Waals surface area contributed by atoms with Crippen molar-refractivity contribution in [2.75, 3.05) is 27.2 Å². The first-order valence-electron chi connectivity index (χ1n) is 8.54. The number of thiazole rings is 1. The molecule has 6 heteroatoms. The zero-order chi connectivity index (χ0) is 18.2. The summed E-state index contributed by atoms with van der Waals surface area (Å²) in [6.07, 6.45) is 1.89. The van der Waals surface area contributed by atoms with E-state index >= 15 is 0 Å². The van der Waals surface area contributed by atoms with Crippen LogP contribution >= 0.6 is 11.3 Å². The van der Waals surface area contributed by atoms with E-state index in [1.165, 1.54) is 10.4 Å². The molecule has 0 bridgehead atoms. The van der Waals surface area contributed by atoms with Crippen LogP contribution < -0.4 is 15.4 Å².